The molecule has 2 aromatic carbocycles. The minimum absolute atomic E-state index is 0.152. The van der Waals surface area contributed by atoms with Gasteiger partial charge in [0.15, 0.2) is 12.6 Å². The molecule has 4 heterocycles. The Hall–Kier alpha value is -2.62. The van der Waals surface area contributed by atoms with E-state index in [1.54, 1.807) is 12.1 Å². The van der Waals surface area contributed by atoms with Crippen molar-refractivity contribution < 1.29 is 28.5 Å². The van der Waals surface area contributed by atoms with Gasteiger partial charge in [-0.05, 0) is 44.2 Å². The lowest BCUT2D eigenvalue weighted by Crippen LogP contribution is -2.39. The zero-order valence-electron chi connectivity index (χ0n) is 20.3. The average molecular weight is 513 g/mol. The number of benzene rings is 2. The van der Waals surface area contributed by atoms with E-state index in [0.29, 0.717) is 41.0 Å². The molecule has 4 aliphatic heterocycles. The number of hydrogen-bond donors (Lipinski definition) is 0. The fraction of sp³-hybridized carbons (Fsp3) is 0.444. The normalized spacial score (nSPS) is 20.8. The summed E-state index contributed by atoms with van der Waals surface area (Å²) in [4.78, 5) is 18.1. The molecule has 36 heavy (non-hydrogen) atoms. The summed E-state index contributed by atoms with van der Waals surface area (Å²) in [5.74, 6) is 2.13. The molecule has 0 N–H and O–H groups in total. The summed E-state index contributed by atoms with van der Waals surface area (Å²) in [6.07, 6.45) is 2.77. The minimum atomic E-state index is -0.152. The van der Waals surface area contributed by atoms with E-state index in [1.165, 1.54) is 0 Å². The van der Waals surface area contributed by atoms with Gasteiger partial charge in [0.25, 0.3) is 0 Å². The van der Waals surface area contributed by atoms with E-state index in [2.05, 4.69) is 9.80 Å². The summed E-state index contributed by atoms with van der Waals surface area (Å²) in [6, 6.07) is 5.51. The summed E-state index contributed by atoms with van der Waals surface area (Å²) in [6.45, 7) is 9.42. The van der Waals surface area contributed by atoms with Crippen LogP contribution in [0.4, 0.5) is 0 Å². The van der Waals surface area contributed by atoms with Crippen molar-refractivity contribution in [2.45, 2.75) is 26.5 Å². The van der Waals surface area contributed by atoms with Crippen LogP contribution in [0.3, 0.4) is 0 Å². The fourth-order valence-corrected chi connectivity index (χ4v) is 5.49. The first-order valence-corrected chi connectivity index (χ1v) is 12.7. The Morgan fingerprint density at radius 3 is 2.67 bits per heavy atom. The number of hydrogen-bond acceptors (Lipinski definition) is 8. The highest BCUT2D eigenvalue weighted by Gasteiger charge is 2.34. The van der Waals surface area contributed by atoms with Crippen molar-refractivity contribution >= 4 is 23.5 Å². The van der Waals surface area contributed by atoms with Crippen molar-refractivity contribution in [3.05, 3.63) is 56.8 Å². The standard InChI is InChI=1S/C27H29ClN2O6/c1-17-25-19(13-30(15-34-25)4-2-3-29-5-7-32-8-6-29)11-22-24(31)23(36-26(17)22)12-18-9-21(28)10-20-14-33-16-35-27(18)20/h9-12H,2-8,13-16H2,1H3/b23-12-. The van der Waals surface area contributed by atoms with Crippen LogP contribution in [0.1, 0.15) is 39.0 Å². The molecule has 6 rings (SSSR count). The number of morpholine rings is 1. The van der Waals surface area contributed by atoms with Crippen molar-refractivity contribution in [2.75, 3.05) is 52.9 Å². The Kier molecular flexibility index (Phi) is 6.62. The second-order valence-electron chi connectivity index (χ2n) is 9.53. The Morgan fingerprint density at radius 1 is 0.972 bits per heavy atom. The smallest absolute Gasteiger partial charge is 0.231 e. The van der Waals surface area contributed by atoms with Gasteiger partial charge in [-0.1, -0.05) is 11.6 Å². The van der Waals surface area contributed by atoms with Gasteiger partial charge in [-0.2, -0.15) is 0 Å². The monoisotopic (exact) mass is 512 g/mol. The Labute approximate surface area is 215 Å². The molecule has 0 spiro atoms. The van der Waals surface area contributed by atoms with Crippen molar-refractivity contribution in [3.8, 4) is 17.2 Å². The molecule has 1 saturated heterocycles. The first kappa shape index (κ1) is 23.8. The van der Waals surface area contributed by atoms with Gasteiger partial charge in [0.1, 0.15) is 24.0 Å². The van der Waals surface area contributed by atoms with Crippen molar-refractivity contribution in [1.82, 2.24) is 9.80 Å². The quantitative estimate of drug-likeness (QED) is 0.557. The Balaban J connectivity index is 1.20. The molecule has 0 amide bonds. The highest BCUT2D eigenvalue weighted by Crippen LogP contribution is 2.44. The van der Waals surface area contributed by atoms with Gasteiger partial charge in [-0.3, -0.25) is 14.6 Å². The van der Waals surface area contributed by atoms with Gasteiger partial charge in [0, 0.05) is 53.5 Å². The number of carbonyl (C=O) groups excluding carboxylic acids is 1. The van der Waals surface area contributed by atoms with Crippen molar-refractivity contribution in [2.24, 2.45) is 0 Å². The fourth-order valence-electron chi connectivity index (χ4n) is 5.24. The van der Waals surface area contributed by atoms with E-state index in [-0.39, 0.29) is 18.3 Å². The topological polar surface area (TPSA) is 69.7 Å². The number of Topliss-reactive ketones (excluding diaryl/α,β-unsaturated/α-hetero) is 1. The van der Waals surface area contributed by atoms with E-state index in [4.69, 9.17) is 35.3 Å². The van der Waals surface area contributed by atoms with Gasteiger partial charge >= 0.3 is 0 Å². The van der Waals surface area contributed by atoms with Crippen LogP contribution in [0.5, 0.6) is 17.2 Å². The molecule has 0 saturated carbocycles. The summed E-state index contributed by atoms with van der Waals surface area (Å²) < 4.78 is 28.7. The zero-order valence-corrected chi connectivity index (χ0v) is 21.1. The highest BCUT2D eigenvalue weighted by atomic mass is 35.5. The third kappa shape index (κ3) is 4.60. The number of allylic oxidation sites excluding steroid dienone is 1. The van der Waals surface area contributed by atoms with E-state index in [9.17, 15) is 4.79 Å². The van der Waals surface area contributed by atoms with Crippen LogP contribution < -0.4 is 14.2 Å². The van der Waals surface area contributed by atoms with Gasteiger partial charge in [-0.25, -0.2) is 0 Å². The predicted octanol–water partition coefficient (Wildman–Crippen LogP) is 4.01. The summed E-state index contributed by atoms with van der Waals surface area (Å²) >= 11 is 6.30. The van der Waals surface area contributed by atoms with Crippen LogP contribution in [-0.2, 0) is 22.6 Å². The van der Waals surface area contributed by atoms with Gasteiger partial charge in [0.2, 0.25) is 5.78 Å². The number of nitrogens with zero attached hydrogens (tertiary/aromatic N) is 2. The van der Waals surface area contributed by atoms with Crippen LogP contribution in [0.15, 0.2) is 24.0 Å². The van der Waals surface area contributed by atoms with E-state index in [0.717, 1.165) is 74.8 Å². The van der Waals surface area contributed by atoms with Gasteiger partial charge in [0.05, 0.1) is 25.4 Å². The second-order valence-corrected chi connectivity index (χ2v) is 9.97. The number of ether oxygens (including phenoxy) is 5. The molecule has 0 unspecified atom stereocenters. The Bertz CT molecular complexity index is 1220. The summed E-state index contributed by atoms with van der Waals surface area (Å²) in [5, 5.41) is 0.548. The van der Waals surface area contributed by atoms with E-state index >= 15 is 0 Å². The molecule has 0 atom stereocenters. The molecule has 190 valence electrons. The van der Waals surface area contributed by atoms with Crippen molar-refractivity contribution in [3.63, 3.8) is 0 Å². The maximum atomic E-state index is 13.4. The van der Waals surface area contributed by atoms with Gasteiger partial charge < -0.3 is 23.7 Å². The molecule has 0 aromatic heterocycles. The largest absolute Gasteiger partial charge is 0.477 e. The third-order valence-corrected chi connectivity index (χ3v) is 7.26. The summed E-state index contributed by atoms with van der Waals surface area (Å²) in [5.41, 5.74) is 3.98. The van der Waals surface area contributed by atoms with Crippen LogP contribution in [-0.4, -0.2) is 68.5 Å². The molecule has 1 fully saturated rings. The van der Waals surface area contributed by atoms with Crippen molar-refractivity contribution in [1.29, 1.82) is 0 Å². The molecule has 9 heteroatoms. The third-order valence-electron chi connectivity index (χ3n) is 7.04. The lowest BCUT2D eigenvalue weighted by Gasteiger charge is -2.31. The molecular weight excluding hydrogens is 484 g/mol. The highest BCUT2D eigenvalue weighted by molar-refractivity contribution is 6.31. The number of fused-ring (bicyclic) bond motifs is 3. The number of rotatable bonds is 5. The van der Waals surface area contributed by atoms with Crippen LogP contribution in [0.25, 0.3) is 6.08 Å². The molecule has 8 nitrogen and oxygen atoms in total. The molecule has 0 aliphatic carbocycles. The molecule has 4 aliphatic rings. The Morgan fingerprint density at radius 2 is 1.81 bits per heavy atom. The van der Waals surface area contributed by atoms with E-state index < -0.39 is 0 Å². The number of ketones is 1. The number of halogens is 1. The molecular formula is C27H29ClN2O6. The molecule has 2 aromatic rings. The maximum Gasteiger partial charge on any atom is 0.231 e. The second kappa shape index (κ2) is 10.0. The first-order valence-electron chi connectivity index (χ1n) is 12.4. The lowest BCUT2D eigenvalue weighted by molar-refractivity contribution is -0.0165. The van der Waals surface area contributed by atoms with Crippen LogP contribution in [0, 0.1) is 6.92 Å². The van der Waals surface area contributed by atoms with Crippen LogP contribution in [0.2, 0.25) is 5.02 Å². The zero-order chi connectivity index (χ0) is 24.6. The average Bonchev–Trinajstić information content (AvgIpc) is 3.20. The SMILES string of the molecule is Cc1c2c(cc3c1O/C(=C\c1cc(Cl)cc4c1OCOC4)C3=O)CN(CCCN1CCOCC1)CO2. The predicted molar refractivity (Wildman–Crippen MR) is 134 cm³/mol. The lowest BCUT2D eigenvalue weighted by atomic mass is 9.99. The maximum absolute atomic E-state index is 13.4. The first-order chi connectivity index (χ1) is 17.6. The summed E-state index contributed by atoms with van der Waals surface area (Å²) in [7, 11) is 0. The van der Waals surface area contributed by atoms with Gasteiger partial charge in [-0.15, -0.1) is 0 Å². The van der Waals surface area contributed by atoms with Crippen LogP contribution >= 0.6 is 11.6 Å². The van der Waals surface area contributed by atoms with E-state index in [1.807, 2.05) is 19.1 Å². The minimum Gasteiger partial charge on any atom is -0.477 e. The molecule has 0 bridgehead atoms. The molecule has 0 radical (unpaired) electrons. The number of carbonyl (C=O) groups is 1.